The Hall–Kier alpha value is -3.11. The van der Waals surface area contributed by atoms with Gasteiger partial charge in [0.15, 0.2) is 0 Å². The Kier molecular flexibility index (Phi) is 82.0. The van der Waals surface area contributed by atoms with Crippen molar-refractivity contribution in [1.82, 2.24) is 19.6 Å². The maximum absolute atomic E-state index is 12.7. The Bertz CT molecular complexity index is 1960. The van der Waals surface area contributed by atoms with E-state index in [1.165, 1.54) is 66.2 Å². The first-order valence-electron chi connectivity index (χ1n) is 34.9. The van der Waals surface area contributed by atoms with Crippen LogP contribution in [0.4, 0.5) is 0 Å². The van der Waals surface area contributed by atoms with Crippen LogP contribution in [0.15, 0.2) is 12.2 Å². The lowest BCUT2D eigenvalue weighted by atomic mass is 10.0. The fourth-order valence-electron chi connectivity index (χ4n) is 8.73. The molecule has 0 aliphatic carbocycles. The molecule has 0 aromatic rings. The van der Waals surface area contributed by atoms with Crippen molar-refractivity contribution >= 4 is 102 Å². The monoisotopic (exact) mass is 1530 g/mol. The molecule has 3 heterocycles. The van der Waals surface area contributed by atoms with Crippen LogP contribution in [-0.2, 0) is 100.0 Å². The summed E-state index contributed by atoms with van der Waals surface area (Å²) in [5.41, 5.74) is 5.42. The average molecular weight is 1530 g/mol. The molecule has 3 aliphatic heterocycles. The Morgan fingerprint density at radius 3 is 1.12 bits per heavy atom. The van der Waals surface area contributed by atoms with Crippen molar-refractivity contribution < 1.29 is 115 Å². The Morgan fingerprint density at radius 2 is 0.772 bits per heavy atom. The highest BCUT2D eigenvalue weighted by atomic mass is 32.2. The van der Waals surface area contributed by atoms with Crippen LogP contribution >= 0.6 is 48.8 Å². The van der Waals surface area contributed by atoms with Crippen molar-refractivity contribution in [3.63, 3.8) is 0 Å². The molecule has 2 fully saturated rings. The van der Waals surface area contributed by atoms with Crippen LogP contribution in [0.2, 0.25) is 0 Å². The molecule has 0 saturated carbocycles. The summed E-state index contributed by atoms with van der Waals surface area (Å²) in [5, 5.41) is 20.3. The highest BCUT2D eigenvalue weighted by Gasteiger charge is 2.39. The molecule has 5 N–H and O–H groups in total. The second-order valence-corrected chi connectivity index (χ2v) is 25.1. The second-order valence-electron chi connectivity index (χ2n) is 21.6. The Balaban J connectivity index is -0.000000723. The van der Waals surface area contributed by atoms with E-state index in [2.05, 4.69) is 46.0 Å². The fourth-order valence-corrected chi connectivity index (χ4v) is 11.0. The van der Waals surface area contributed by atoms with Crippen LogP contribution in [0.3, 0.4) is 0 Å². The average Bonchev–Trinajstić information content (AvgIpc) is 1.72. The molecule has 3 atom stereocenters. The van der Waals surface area contributed by atoms with Gasteiger partial charge in [0.1, 0.15) is 17.3 Å². The molecule has 2 saturated heterocycles. The molecular formula is C68H129N5O24S4. The zero-order chi connectivity index (χ0) is 76.4. The summed E-state index contributed by atoms with van der Waals surface area (Å²) >= 11 is 10.9. The van der Waals surface area contributed by atoms with E-state index in [0.717, 1.165) is 109 Å². The van der Waals surface area contributed by atoms with Gasteiger partial charge in [-0.05, 0) is 78.7 Å². The smallest absolute Gasteiger partial charge is 0.253 e. The molecule has 594 valence electrons. The highest BCUT2D eigenvalue weighted by molar-refractivity contribution is 8.00. The first-order valence-corrected chi connectivity index (χ1v) is 38.3. The SMILES string of the molecule is CC(=O)CN(CC(C)=O)C(CCCCN)C(C)=O.CCCOCCOCCCCCN1C(=O)CC(SCCOCCOCCSC2CC(=O)N(CCOCCOCCOCCC)C2=O)C1=O.CCCOCCOCCOCCN1C(=O)C=CC1=O.CO.CO.CO.SCCOCCOCCS. The number of carbonyl (C=O) groups excluding carboxylic acids is 9. The van der Waals surface area contributed by atoms with Crippen molar-refractivity contribution in [3.8, 4) is 0 Å². The number of rotatable bonds is 61. The molecule has 0 aromatic heterocycles. The number of hydrogen-bond acceptors (Lipinski definition) is 30. The maximum Gasteiger partial charge on any atom is 0.253 e. The normalized spacial score (nSPS) is 14.9. The molecule has 0 spiro atoms. The van der Waals surface area contributed by atoms with E-state index in [1.807, 2.05) is 0 Å². The van der Waals surface area contributed by atoms with E-state index >= 15 is 0 Å². The van der Waals surface area contributed by atoms with Crippen molar-refractivity contribution in [3.05, 3.63) is 12.2 Å². The summed E-state index contributed by atoms with van der Waals surface area (Å²) in [6.07, 6.45) is 10.9. The number of Topliss-reactive ketones (excluding diaryl/α,β-unsaturated/α-hetero) is 3. The molecule has 6 amide bonds. The lowest BCUT2D eigenvalue weighted by molar-refractivity contribution is -0.140. The van der Waals surface area contributed by atoms with E-state index in [4.69, 9.17) is 77.9 Å². The van der Waals surface area contributed by atoms with Gasteiger partial charge in [0, 0.05) is 102 Å². The Labute approximate surface area is 622 Å². The quantitative estimate of drug-likeness (QED) is 0.0288. The minimum atomic E-state index is -0.387. The molecule has 3 unspecified atom stereocenters. The molecule has 0 radical (unpaired) electrons. The van der Waals surface area contributed by atoms with E-state index in [1.54, 1.807) is 4.90 Å². The van der Waals surface area contributed by atoms with Crippen LogP contribution in [0.1, 0.15) is 112 Å². The third kappa shape index (κ3) is 61.7. The Morgan fingerprint density at radius 1 is 0.446 bits per heavy atom. The van der Waals surface area contributed by atoms with Gasteiger partial charge in [-0.25, -0.2) is 0 Å². The van der Waals surface area contributed by atoms with Gasteiger partial charge in [0.05, 0.1) is 175 Å². The summed E-state index contributed by atoms with van der Waals surface area (Å²) in [6.45, 7) is 25.6. The number of ether oxygens (including phenoxy) is 12. The number of nitrogens with zero attached hydrogens (tertiary/aromatic N) is 4. The van der Waals surface area contributed by atoms with Crippen LogP contribution in [0, 0.1) is 0 Å². The predicted molar refractivity (Wildman–Crippen MR) is 398 cm³/mol. The topological polar surface area (TPSA) is 364 Å². The van der Waals surface area contributed by atoms with E-state index in [0.29, 0.717) is 163 Å². The molecule has 0 bridgehead atoms. The molecular weight excluding hydrogens is 1400 g/mol. The van der Waals surface area contributed by atoms with Gasteiger partial charge in [-0.3, -0.25) is 62.8 Å². The number of aliphatic hydroxyl groups is 3. The summed E-state index contributed by atoms with van der Waals surface area (Å²) in [6, 6.07) is -0.357. The number of imide groups is 3. The van der Waals surface area contributed by atoms with Crippen molar-refractivity contribution in [2.24, 2.45) is 5.73 Å². The number of unbranched alkanes of at least 4 members (excludes halogenated alkanes) is 3. The molecule has 33 heteroatoms. The fraction of sp³-hybridized carbons (Fsp3) is 0.838. The largest absolute Gasteiger partial charge is 0.400 e. The number of nitrogens with two attached hydrogens (primary N) is 1. The van der Waals surface area contributed by atoms with E-state index in [9.17, 15) is 43.2 Å². The van der Waals surface area contributed by atoms with Gasteiger partial charge in [0.2, 0.25) is 23.6 Å². The second kappa shape index (κ2) is 79.5. The van der Waals surface area contributed by atoms with Gasteiger partial charge in [0.25, 0.3) is 11.8 Å². The number of thiol groups is 2. The summed E-state index contributed by atoms with van der Waals surface area (Å²) < 4.78 is 64.4. The molecule has 29 nitrogen and oxygen atoms in total. The van der Waals surface area contributed by atoms with E-state index < -0.39 is 0 Å². The number of thioether (sulfide) groups is 2. The molecule has 3 rings (SSSR count). The van der Waals surface area contributed by atoms with Crippen LogP contribution in [-0.4, -0.2) is 346 Å². The van der Waals surface area contributed by atoms with Gasteiger partial charge in [-0.15, -0.1) is 23.5 Å². The minimum absolute atomic E-state index is 0.00507. The summed E-state index contributed by atoms with van der Waals surface area (Å²) in [4.78, 5) is 112. The highest BCUT2D eigenvalue weighted by Crippen LogP contribution is 2.26. The standard InChI is InChI=1S/C33H58N2O11S2.C13H24N2O3.C13H21NO5.C6H14O2S2.3CH4O/c1-3-10-40-14-16-42-12-7-5-6-8-34-30(36)26-28(32(34)38)47-24-22-45-20-21-46-23-25-48-29-27-31(37)35(33(29)39)9-13-43-17-19-44-18-15-41-11-4-2;1-10(16)8-15(9-11(2)17)13(12(3)18)6-4-5-7-14;1-2-6-17-8-10-19-11-9-18-7-5-14-12(15)3-4-13(14)16;9-5-3-7-1-2-8-4-6-10;3*1-2/h28-29H,3-27H2,1-2H3;13H,4-9,14H2,1-3H3;3-4H,2,5-11H2,1H3;9-10H,1-6H2;3*2H,1H3. The van der Waals surface area contributed by atoms with Gasteiger partial charge < -0.3 is 77.9 Å². The number of ketones is 3. The zero-order valence-corrected chi connectivity index (χ0v) is 65.6. The number of likely N-dealkylation sites (tertiary alicyclic amines) is 2. The lowest BCUT2D eigenvalue weighted by Gasteiger charge is -2.28. The van der Waals surface area contributed by atoms with Crippen LogP contribution in [0.5, 0.6) is 0 Å². The zero-order valence-electron chi connectivity index (χ0n) is 62.2. The van der Waals surface area contributed by atoms with Crippen LogP contribution < -0.4 is 5.73 Å². The van der Waals surface area contributed by atoms with Gasteiger partial charge in [-0.2, -0.15) is 25.3 Å². The van der Waals surface area contributed by atoms with Gasteiger partial charge in [-0.1, -0.05) is 27.2 Å². The lowest BCUT2D eigenvalue weighted by Crippen LogP contribution is -2.45. The third-order valence-corrected chi connectivity index (χ3v) is 16.0. The first kappa shape index (κ1) is 104. The van der Waals surface area contributed by atoms with Crippen molar-refractivity contribution in [1.29, 1.82) is 0 Å². The van der Waals surface area contributed by atoms with E-state index in [-0.39, 0.29) is 115 Å². The number of amides is 6. The maximum atomic E-state index is 12.7. The molecule has 0 aromatic carbocycles. The molecule has 101 heavy (non-hydrogen) atoms. The minimum Gasteiger partial charge on any atom is -0.400 e. The predicted octanol–water partition coefficient (Wildman–Crippen LogP) is 3.44. The number of hydrogen-bond donors (Lipinski definition) is 6. The van der Waals surface area contributed by atoms with Crippen molar-refractivity contribution in [2.75, 3.05) is 242 Å². The van der Waals surface area contributed by atoms with Gasteiger partial charge >= 0.3 is 0 Å². The first-order chi connectivity index (χ1) is 49.0. The summed E-state index contributed by atoms with van der Waals surface area (Å²) in [5.74, 6) is 1.57. The number of carbonyl (C=O) groups is 9. The summed E-state index contributed by atoms with van der Waals surface area (Å²) in [7, 11) is 3.00. The molecule has 3 aliphatic rings. The van der Waals surface area contributed by atoms with Crippen molar-refractivity contribution in [2.45, 2.75) is 129 Å². The third-order valence-electron chi connectivity index (χ3n) is 13.3. The number of aliphatic hydroxyl groups excluding tert-OH is 3. The van der Waals surface area contributed by atoms with Crippen LogP contribution in [0.25, 0.3) is 0 Å².